The Bertz CT molecular complexity index is 1190. The van der Waals surface area contributed by atoms with Crippen molar-refractivity contribution in [3.05, 3.63) is 100 Å². The van der Waals surface area contributed by atoms with Crippen molar-refractivity contribution < 1.29 is 19.2 Å². The van der Waals surface area contributed by atoms with E-state index in [9.17, 15) is 19.7 Å². The first-order valence-electron chi connectivity index (χ1n) is 9.84. The summed E-state index contributed by atoms with van der Waals surface area (Å²) in [5, 5.41) is 13.5. The van der Waals surface area contributed by atoms with Gasteiger partial charge in [0.05, 0.1) is 17.2 Å². The SMILES string of the molecule is O=C(/C=C/c1ccc([N+](=O)[O-])cc1)Nc1ccc2c(c1)N(Cc1ccccc1)C(=O)CO2. The van der Waals surface area contributed by atoms with Gasteiger partial charge in [0.15, 0.2) is 6.61 Å². The molecule has 1 heterocycles. The molecule has 1 N–H and O–H groups in total. The van der Waals surface area contributed by atoms with Crippen molar-refractivity contribution in [1.82, 2.24) is 0 Å². The van der Waals surface area contributed by atoms with Gasteiger partial charge >= 0.3 is 0 Å². The lowest BCUT2D eigenvalue weighted by Gasteiger charge is -2.30. The molecule has 1 aliphatic rings. The van der Waals surface area contributed by atoms with Gasteiger partial charge in [-0.3, -0.25) is 19.7 Å². The van der Waals surface area contributed by atoms with Crippen LogP contribution in [-0.4, -0.2) is 23.3 Å². The van der Waals surface area contributed by atoms with Crippen LogP contribution in [0.15, 0.2) is 78.9 Å². The first kappa shape index (κ1) is 20.8. The summed E-state index contributed by atoms with van der Waals surface area (Å²) in [6.07, 6.45) is 2.90. The van der Waals surface area contributed by atoms with Crippen LogP contribution in [0.4, 0.5) is 17.1 Å². The Kier molecular flexibility index (Phi) is 5.94. The topological polar surface area (TPSA) is 102 Å². The molecule has 3 aromatic rings. The third kappa shape index (κ3) is 4.81. The molecule has 0 unspecified atom stereocenters. The first-order chi connectivity index (χ1) is 15.5. The molecule has 160 valence electrons. The van der Waals surface area contributed by atoms with Crippen molar-refractivity contribution >= 4 is 35.0 Å². The zero-order valence-corrected chi connectivity index (χ0v) is 16.9. The average molecular weight is 429 g/mol. The molecule has 1 aliphatic heterocycles. The van der Waals surface area contributed by atoms with Crippen LogP contribution in [0.5, 0.6) is 5.75 Å². The number of hydrogen-bond donors (Lipinski definition) is 1. The molecule has 0 atom stereocenters. The summed E-state index contributed by atoms with van der Waals surface area (Å²) >= 11 is 0. The highest BCUT2D eigenvalue weighted by Gasteiger charge is 2.26. The second-order valence-corrected chi connectivity index (χ2v) is 7.11. The zero-order valence-electron chi connectivity index (χ0n) is 16.9. The van der Waals surface area contributed by atoms with E-state index in [1.807, 2.05) is 30.3 Å². The van der Waals surface area contributed by atoms with Crippen molar-refractivity contribution in [3.63, 3.8) is 0 Å². The highest BCUT2D eigenvalue weighted by atomic mass is 16.6. The number of carbonyl (C=O) groups is 2. The molecule has 8 nitrogen and oxygen atoms in total. The molecule has 0 radical (unpaired) electrons. The number of benzene rings is 3. The Morgan fingerprint density at radius 1 is 1.09 bits per heavy atom. The Morgan fingerprint density at radius 3 is 2.56 bits per heavy atom. The molecular weight excluding hydrogens is 410 g/mol. The monoisotopic (exact) mass is 429 g/mol. The fraction of sp³-hybridized carbons (Fsp3) is 0.0833. The maximum Gasteiger partial charge on any atom is 0.269 e. The van der Waals surface area contributed by atoms with Crippen molar-refractivity contribution in [2.45, 2.75) is 6.54 Å². The Hall–Kier alpha value is -4.46. The number of nitro groups is 1. The van der Waals surface area contributed by atoms with Gasteiger partial charge in [0.1, 0.15) is 5.75 Å². The summed E-state index contributed by atoms with van der Waals surface area (Å²) in [6, 6.07) is 20.6. The molecule has 0 saturated carbocycles. The lowest BCUT2D eigenvalue weighted by Crippen LogP contribution is -2.38. The minimum Gasteiger partial charge on any atom is -0.482 e. The highest BCUT2D eigenvalue weighted by Crippen LogP contribution is 2.35. The number of ether oxygens (including phenoxy) is 1. The number of anilines is 2. The van der Waals surface area contributed by atoms with E-state index in [0.717, 1.165) is 5.56 Å². The third-order valence-electron chi connectivity index (χ3n) is 4.88. The standard InChI is InChI=1S/C24H19N3O5/c28-23(13-8-17-6-10-20(11-7-17)27(30)31)25-19-9-12-22-21(14-19)26(24(29)16-32-22)15-18-4-2-1-3-5-18/h1-14H,15-16H2,(H,25,28)/b13-8+. The molecule has 0 aliphatic carbocycles. The number of nitrogens with one attached hydrogen (secondary N) is 1. The minimum atomic E-state index is -0.480. The van der Waals surface area contributed by atoms with Gasteiger partial charge in [-0.25, -0.2) is 0 Å². The van der Waals surface area contributed by atoms with Crippen LogP contribution < -0.4 is 15.0 Å². The number of carbonyl (C=O) groups excluding carboxylic acids is 2. The van der Waals surface area contributed by atoms with E-state index >= 15 is 0 Å². The molecule has 0 spiro atoms. The van der Waals surface area contributed by atoms with Gasteiger partial charge in [-0.15, -0.1) is 0 Å². The van der Waals surface area contributed by atoms with Crippen LogP contribution in [0.2, 0.25) is 0 Å². The average Bonchev–Trinajstić information content (AvgIpc) is 2.80. The van der Waals surface area contributed by atoms with Crippen LogP contribution in [-0.2, 0) is 16.1 Å². The van der Waals surface area contributed by atoms with E-state index < -0.39 is 4.92 Å². The number of nitrogens with zero attached hydrogens (tertiary/aromatic N) is 2. The second kappa shape index (κ2) is 9.13. The fourth-order valence-electron chi connectivity index (χ4n) is 3.28. The molecule has 0 saturated heterocycles. The maximum absolute atomic E-state index is 12.5. The number of fused-ring (bicyclic) bond motifs is 1. The summed E-state index contributed by atoms with van der Waals surface area (Å²) in [6.45, 7) is 0.358. The lowest BCUT2D eigenvalue weighted by molar-refractivity contribution is -0.384. The van der Waals surface area contributed by atoms with E-state index in [-0.39, 0.29) is 24.1 Å². The zero-order chi connectivity index (χ0) is 22.5. The summed E-state index contributed by atoms with van der Waals surface area (Å²) < 4.78 is 5.53. The summed E-state index contributed by atoms with van der Waals surface area (Å²) in [5.74, 6) is 0.0313. The lowest BCUT2D eigenvalue weighted by atomic mass is 10.1. The summed E-state index contributed by atoms with van der Waals surface area (Å²) in [5.41, 5.74) is 2.72. The minimum absolute atomic E-state index is 0.0162. The molecule has 8 heteroatoms. The van der Waals surface area contributed by atoms with Gasteiger partial charge in [-0.1, -0.05) is 30.3 Å². The number of hydrogen-bond acceptors (Lipinski definition) is 5. The Morgan fingerprint density at radius 2 is 1.84 bits per heavy atom. The number of non-ortho nitro benzene ring substituents is 1. The van der Waals surface area contributed by atoms with Crippen LogP contribution in [0, 0.1) is 10.1 Å². The van der Waals surface area contributed by atoms with E-state index in [1.165, 1.54) is 18.2 Å². The number of amides is 2. The highest BCUT2D eigenvalue weighted by molar-refractivity contribution is 6.03. The van der Waals surface area contributed by atoms with Gasteiger partial charge in [0.2, 0.25) is 5.91 Å². The molecule has 0 bridgehead atoms. The van der Waals surface area contributed by atoms with E-state index in [0.29, 0.717) is 29.2 Å². The number of rotatable bonds is 6. The summed E-state index contributed by atoms with van der Waals surface area (Å²) in [7, 11) is 0. The third-order valence-corrected chi connectivity index (χ3v) is 4.88. The molecule has 0 aromatic heterocycles. The molecular formula is C24H19N3O5. The Balaban J connectivity index is 1.48. The molecule has 2 amide bonds. The van der Waals surface area contributed by atoms with Gasteiger partial charge in [0, 0.05) is 23.9 Å². The first-order valence-corrected chi connectivity index (χ1v) is 9.84. The fourth-order valence-corrected chi connectivity index (χ4v) is 3.28. The van der Waals surface area contributed by atoms with Gasteiger partial charge in [0.25, 0.3) is 11.6 Å². The van der Waals surface area contributed by atoms with E-state index in [2.05, 4.69) is 5.32 Å². The number of nitro benzene ring substituents is 1. The van der Waals surface area contributed by atoms with Crippen molar-refractivity contribution in [3.8, 4) is 5.75 Å². The molecule has 32 heavy (non-hydrogen) atoms. The van der Waals surface area contributed by atoms with E-state index in [1.54, 1.807) is 41.3 Å². The normalized spacial score (nSPS) is 12.9. The molecule has 4 rings (SSSR count). The largest absolute Gasteiger partial charge is 0.482 e. The van der Waals surface area contributed by atoms with Crippen molar-refractivity contribution in [1.29, 1.82) is 0 Å². The van der Waals surface area contributed by atoms with Crippen molar-refractivity contribution in [2.75, 3.05) is 16.8 Å². The predicted molar refractivity (Wildman–Crippen MR) is 120 cm³/mol. The van der Waals surface area contributed by atoms with Crippen LogP contribution in [0.25, 0.3) is 6.08 Å². The Labute approximate surface area is 183 Å². The van der Waals surface area contributed by atoms with Crippen LogP contribution >= 0.6 is 0 Å². The van der Waals surface area contributed by atoms with E-state index in [4.69, 9.17) is 4.74 Å². The smallest absolute Gasteiger partial charge is 0.269 e. The molecule has 0 fully saturated rings. The van der Waals surface area contributed by atoms with Gasteiger partial charge < -0.3 is 15.0 Å². The summed E-state index contributed by atoms with van der Waals surface area (Å²) in [4.78, 5) is 36.7. The maximum atomic E-state index is 12.5. The van der Waals surface area contributed by atoms with Crippen LogP contribution in [0.1, 0.15) is 11.1 Å². The van der Waals surface area contributed by atoms with Crippen LogP contribution in [0.3, 0.4) is 0 Å². The quantitative estimate of drug-likeness (QED) is 0.360. The second-order valence-electron chi connectivity index (χ2n) is 7.11. The predicted octanol–water partition coefficient (Wildman–Crippen LogP) is 4.17. The van der Waals surface area contributed by atoms with Gasteiger partial charge in [-0.2, -0.15) is 0 Å². The van der Waals surface area contributed by atoms with Crippen molar-refractivity contribution in [2.24, 2.45) is 0 Å². The molecule has 3 aromatic carbocycles. The van der Waals surface area contributed by atoms with Gasteiger partial charge in [-0.05, 0) is 47.5 Å².